The quantitative estimate of drug-likeness (QED) is 0.547. The first-order valence-electron chi connectivity index (χ1n) is 7.26. The molecule has 0 unspecified atom stereocenters. The van der Waals surface area contributed by atoms with E-state index in [1.807, 2.05) is 0 Å². The van der Waals surface area contributed by atoms with Crippen LogP contribution in [0.1, 0.15) is 30.4 Å². The minimum atomic E-state index is -1.23. The van der Waals surface area contributed by atoms with E-state index >= 15 is 0 Å². The molecule has 0 spiro atoms. The zero-order valence-electron chi connectivity index (χ0n) is 13.7. The number of thiophene rings is 1. The Kier molecular flexibility index (Phi) is 7.27. The Labute approximate surface area is 144 Å². The minimum Gasteiger partial charge on any atom is -0.456 e. The van der Waals surface area contributed by atoms with Crippen molar-refractivity contribution < 1.29 is 19.1 Å². The van der Waals surface area contributed by atoms with Gasteiger partial charge in [0.1, 0.15) is 12.0 Å². The number of ketones is 1. The van der Waals surface area contributed by atoms with Gasteiger partial charge in [0.2, 0.25) is 0 Å². The number of carbonyl (C=O) groups excluding carboxylic acids is 3. The Balaban J connectivity index is 2.67. The number of rotatable bonds is 8. The normalized spacial score (nSPS) is 12.8. The Bertz CT molecular complexity index is 661. The molecule has 0 aliphatic heterocycles. The van der Waals surface area contributed by atoms with Crippen LogP contribution in [0.5, 0.6) is 0 Å². The molecule has 0 saturated heterocycles. The lowest BCUT2D eigenvalue weighted by molar-refractivity contribution is -0.151. The van der Waals surface area contributed by atoms with Gasteiger partial charge < -0.3 is 15.5 Å². The number of nitrogens with one attached hydrogen (secondary N) is 2. The summed E-state index contributed by atoms with van der Waals surface area (Å²) in [7, 11) is 0. The van der Waals surface area contributed by atoms with E-state index in [4.69, 9.17) is 15.4 Å². The average Bonchev–Trinajstić information content (AvgIpc) is 3.04. The van der Waals surface area contributed by atoms with E-state index in [2.05, 4.69) is 5.32 Å². The predicted octanol–water partition coefficient (Wildman–Crippen LogP) is 1.79. The van der Waals surface area contributed by atoms with Gasteiger partial charge in [0.25, 0.3) is 5.91 Å². The van der Waals surface area contributed by atoms with E-state index in [-0.39, 0.29) is 11.6 Å². The van der Waals surface area contributed by atoms with Gasteiger partial charge in [-0.15, -0.1) is 11.3 Å². The second-order valence-electron chi connectivity index (χ2n) is 5.49. The van der Waals surface area contributed by atoms with Crippen molar-refractivity contribution in [2.24, 2.45) is 11.8 Å². The molecule has 0 saturated carbocycles. The zero-order valence-corrected chi connectivity index (χ0v) is 14.5. The maximum Gasteiger partial charge on any atom is 0.329 e. The highest BCUT2D eigenvalue weighted by Crippen LogP contribution is 2.11. The zero-order chi connectivity index (χ0) is 18.3. The summed E-state index contributed by atoms with van der Waals surface area (Å²) in [5.74, 6) is -3.27. The largest absolute Gasteiger partial charge is 0.456 e. The van der Waals surface area contributed by atoms with Gasteiger partial charge >= 0.3 is 5.97 Å². The molecule has 0 aliphatic carbocycles. The van der Waals surface area contributed by atoms with Gasteiger partial charge in [0.15, 0.2) is 12.4 Å². The average molecular weight is 349 g/mol. The molecule has 1 rings (SSSR count). The number of amides is 1. The van der Waals surface area contributed by atoms with E-state index in [0.29, 0.717) is 4.88 Å². The van der Waals surface area contributed by atoms with Crippen LogP contribution in [0.3, 0.4) is 0 Å². The van der Waals surface area contributed by atoms with Crippen molar-refractivity contribution in [3.8, 4) is 6.07 Å². The van der Waals surface area contributed by atoms with Crippen LogP contribution in [-0.4, -0.2) is 36.0 Å². The summed E-state index contributed by atoms with van der Waals surface area (Å²) in [6.45, 7) is 4.21. The van der Waals surface area contributed by atoms with Crippen molar-refractivity contribution in [1.29, 1.82) is 10.7 Å². The summed E-state index contributed by atoms with van der Waals surface area (Å²) >= 11 is 1.25. The van der Waals surface area contributed by atoms with Crippen molar-refractivity contribution in [3.63, 3.8) is 0 Å². The highest BCUT2D eigenvalue weighted by Gasteiger charge is 2.28. The minimum absolute atomic E-state index is 0.107. The van der Waals surface area contributed by atoms with E-state index in [9.17, 15) is 14.4 Å². The summed E-state index contributed by atoms with van der Waals surface area (Å²) in [5, 5.41) is 20.5. The van der Waals surface area contributed by atoms with Gasteiger partial charge in [-0.1, -0.05) is 19.9 Å². The van der Waals surface area contributed by atoms with Crippen LogP contribution in [-0.2, 0) is 14.3 Å². The van der Waals surface area contributed by atoms with Gasteiger partial charge in [-0.05, 0) is 24.3 Å². The first-order valence-corrected chi connectivity index (χ1v) is 8.14. The number of hydrogen-bond acceptors (Lipinski definition) is 7. The van der Waals surface area contributed by atoms with Crippen LogP contribution in [0.25, 0.3) is 0 Å². The van der Waals surface area contributed by atoms with Gasteiger partial charge in [-0.2, -0.15) is 5.26 Å². The second-order valence-corrected chi connectivity index (χ2v) is 6.44. The number of nitriles is 1. The van der Waals surface area contributed by atoms with Gasteiger partial charge in [0, 0.05) is 5.71 Å². The van der Waals surface area contributed by atoms with Crippen LogP contribution in [0.2, 0.25) is 0 Å². The summed E-state index contributed by atoms with van der Waals surface area (Å²) in [5.41, 5.74) is -0.107. The highest BCUT2D eigenvalue weighted by molar-refractivity contribution is 7.12. The summed E-state index contributed by atoms with van der Waals surface area (Å²) in [4.78, 5) is 36.5. The Morgan fingerprint density at radius 2 is 2.08 bits per heavy atom. The van der Waals surface area contributed by atoms with Gasteiger partial charge in [0.05, 0.1) is 10.9 Å². The standard InChI is InChI=1S/C16H19N3O4S/c1-9(2)14(19-15(21)13-5-4-6-24-13)16(22)23-8-12(20)11(7-17)10(3)18/h4-6,9,11,14,18H,8H2,1-3H3,(H,19,21)/t11-,14-/m1/s1. The Morgan fingerprint density at radius 1 is 1.42 bits per heavy atom. The molecule has 24 heavy (non-hydrogen) atoms. The SMILES string of the molecule is CC(=N)[C@@H](C#N)C(=O)COC(=O)[C@H](NC(=O)c1cccs1)C(C)C. The Hall–Kier alpha value is -2.53. The Morgan fingerprint density at radius 3 is 2.54 bits per heavy atom. The van der Waals surface area contributed by atoms with Crippen molar-refractivity contribution in [3.05, 3.63) is 22.4 Å². The fraction of sp³-hybridized carbons (Fsp3) is 0.438. The summed E-state index contributed by atoms with van der Waals surface area (Å²) < 4.78 is 4.93. The van der Waals surface area contributed by atoms with Crippen LogP contribution in [0, 0.1) is 28.6 Å². The third kappa shape index (κ3) is 5.28. The molecule has 1 heterocycles. The van der Waals surface area contributed by atoms with Gasteiger partial charge in [-0.25, -0.2) is 4.79 Å². The smallest absolute Gasteiger partial charge is 0.329 e. The number of Topliss-reactive ketones (excluding diaryl/α,β-unsaturated/α-hetero) is 1. The molecule has 1 amide bonds. The second kappa shape index (κ2) is 8.93. The van der Waals surface area contributed by atoms with Gasteiger partial charge in [-0.3, -0.25) is 9.59 Å². The van der Waals surface area contributed by atoms with E-state index in [0.717, 1.165) is 0 Å². The lowest BCUT2D eigenvalue weighted by atomic mass is 10.0. The third-order valence-electron chi connectivity index (χ3n) is 3.19. The van der Waals surface area contributed by atoms with E-state index in [1.165, 1.54) is 18.3 Å². The number of nitrogens with zero attached hydrogens (tertiary/aromatic N) is 1. The van der Waals surface area contributed by atoms with Crippen LogP contribution in [0.4, 0.5) is 0 Å². The molecule has 8 heteroatoms. The molecule has 0 aliphatic rings. The van der Waals surface area contributed by atoms with Crippen molar-refractivity contribution >= 4 is 34.7 Å². The molecule has 0 aromatic carbocycles. The monoisotopic (exact) mass is 349 g/mol. The van der Waals surface area contributed by atoms with Crippen molar-refractivity contribution in [2.45, 2.75) is 26.8 Å². The van der Waals surface area contributed by atoms with E-state index < -0.39 is 36.2 Å². The molecule has 0 bridgehead atoms. The first-order chi connectivity index (χ1) is 11.3. The van der Waals surface area contributed by atoms with Crippen molar-refractivity contribution in [2.75, 3.05) is 6.61 Å². The summed E-state index contributed by atoms with van der Waals surface area (Å²) in [6, 6.07) is 4.15. The number of ether oxygens (including phenoxy) is 1. The van der Waals surface area contributed by atoms with Crippen LogP contribution >= 0.6 is 11.3 Å². The molecule has 2 N–H and O–H groups in total. The molecule has 2 atom stereocenters. The number of carbonyl (C=O) groups is 3. The molecule has 1 aromatic rings. The van der Waals surface area contributed by atoms with E-state index in [1.54, 1.807) is 37.4 Å². The molecular weight excluding hydrogens is 330 g/mol. The lowest BCUT2D eigenvalue weighted by Crippen LogP contribution is -2.45. The molecular formula is C16H19N3O4S. The molecule has 7 nitrogen and oxygen atoms in total. The fourth-order valence-electron chi connectivity index (χ4n) is 1.84. The molecule has 0 radical (unpaired) electrons. The predicted molar refractivity (Wildman–Crippen MR) is 88.9 cm³/mol. The highest BCUT2D eigenvalue weighted by atomic mass is 32.1. The maximum atomic E-state index is 12.2. The maximum absolute atomic E-state index is 12.2. The number of hydrogen-bond donors (Lipinski definition) is 2. The van der Waals surface area contributed by atoms with Crippen LogP contribution < -0.4 is 5.32 Å². The third-order valence-corrected chi connectivity index (χ3v) is 4.06. The molecule has 128 valence electrons. The molecule has 0 fully saturated rings. The topological polar surface area (TPSA) is 120 Å². The lowest BCUT2D eigenvalue weighted by Gasteiger charge is -2.20. The van der Waals surface area contributed by atoms with Crippen molar-refractivity contribution in [1.82, 2.24) is 5.32 Å². The van der Waals surface area contributed by atoms with Crippen LogP contribution in [0.15, 0.2) is 17.5 Å². The molecule has 1 aromatic heterocycles. The number of esters is 1. The first kappa shape index (κ1) is 19.5. The fourth-order valence-corrected chi connectivity index (χ4v) is 2.47. The summed E-state index contributed by atoms with van der Waals surface area (Å²) in [6.07, 6.45) is 0.